The molecule has 0 fully saturated rings. The number of hydrogen-bond donors (Lipinski definition) is 1. The molecule has 142 valence electrons. The summed E-state index contributed by atoms with van der Waals surface area (Å²) in [7, 11) is -1.80. The summed E-state index contributed by atoms with van der Waals surface area (Å²) in [6.07, 6.45) is 8.54. The Hall–Kier alpha value is -3.30. The van der Waals surface area contributed by atoms with E-state index in [1.54, 1.807) is 70.7 Å². The van der Waals surface area contributed by atoms with Crippen LogP contribution in [0.15, 0.2) is 78.3 Å². The Kier molecular flexibility index (Phi) is 4.76. The number of hydrogen-bond acceptors (Lipinski definition) is 5. The topological polar surface area (TPSA) is 94.7 Å². The summed E-state index contributed by atoms with van der Waals surface area (Å²) in [6, 6.07) is 12.1. The predicted molar refractivity (Wildman–Crippen MR) is 104 cm³/mol. The van der Waals surface area contributed by atoms with Crippen LogP contribution in [0.3, 0.4) is 0 Å². The zero-order valence-electron chi connectivity index (χ0n) is 15.1. The fraction of sp³-hybridized carbons (Fsp3) is 0.105. The van der Waals surface area contributed by atoms with Crippen molar-refractivity contribution in [3.8, 4) is 16.9 Å². The van der Waals surface area contributed by atoms with E-state index >= 15 is 0 Å². The van der Waals surface area contributed by atoms with E-state index in [4.69, 9.17) is 0 Å². The fourth-order valence-corrected chi connectivity index (χ4v) is 3.86. The molecule has 0 bridgehead atoms. The SMILES string of the molecule is Cn1nccc1-c1cncc(CNS(=O)(=O)c2ccc(-n3cccn3)cc2)c1. The van der Waals surface area contributed by atoms with E-state index in [-0.39, 0.29) is 11.4 Å². The zero-order chi connectivity index (χ0) is 19.6. The van der Waals surface area contributed by atoms with E-state index in [0.29, 0.717) is 0 Å². The monoisotopic (exact) mass is 394 g/mol. The maximum atomic E-state index is 12.6. The number of sulfonamides is 1. The highest BCUT2D eigenvalue weighted by atomic mass is 32.2. The fourth-order valence-electron chi connectivity index (χ4n) is 2.84. The van der Waals surface area contributed by atoms with Crippen LogP contribution in [0, 0.1) is 0 Å². The zero-order valence-corrected chi connectivity index (χ0v) is 15.9. The summed E-state index contributed by atoms with van der Waals surface area (Å²) in [5.74, 6) is 0. The van der Waals surface area contributed by atoms with Gasteiger partial charge >= 0.3 is 0 Å². The number of aryl methyl sites for hydroxylation is 1. The highest BCUT2D eigenvalue weighted by Crippen LogP contribution is 2.19. The first-order valence-corrected chi connectivity index (χ1v) is 10.0. The van der Waals surface area contributed by atoms with Crippen molar-refractivity contribution in [3.05, 3.63) is 79.0 Å². The van der Waals surface area contributed by atoms with Crippen LogP contribution in [0.4, 0.5) is 0 Å². The second-order valence-electron chi connectivity index (χ2n) is 6.19. The Morgan fingerprint density at radius 2 is 1.86 bits per heavy atom. The summed E-state index contributed by atoms with van der Waals surface area (Å²) in [6.45, 7) is 0.141. The normalized spacial score (nSPS) is 11.6. The van der Waals surface area contributed by atoms with Crippen LogP contribution in [0.1, 0.15) is 5.56 Å². The first-order valence-electron chi connectivity index (χ1n) is 8.55. The van der Waals surface area contributed by atoms with Crippen LogP contribution >= 0.6 is 0 Å². The number of pyridine rings is 1. The lowest BCUT2D eigenvalue weighted by atomic mass is 10.1. The summed E-state index contributed by atoms with van der Waals surface area (Å²) in [5.41, 5.74) is 3.33. The van der Waals surface area contributed by atoms with Crippen molar-refractivity contribution in [2.45, 2.75) is 11.4 Å². The van der Waals surface area contributed by atoms with Gasteiger partial charge in [0.25, 0.3) is 0 Å². The Labute approximate surface area is 162 Å². The predicted octanol–water partition coefficient (Wildman–Crippen LogP) is 2.15. The standard InChI is InChI=1S/C19H18N6O2S/c1-24-19(7-9-21-24)16-11-15(12-20-14-16)13-23-28(26,27)18-5-3-17(4-6-18)25-10-2-8-22-25/h2-12,14,23H,13H2,1H3. The van der Waals surface area contributed by atoms with Crippen LogP contribution in [0.25, 0.3) is 16.9 Å². The molecular weight excluding hydrogens is 376 g/mol. The van der Waals surface area contributed by atoms with E-state index in [1.807, 2.05) is 19.2 Å². The number of nitrogens with one attached hydrogen (secondary N) is 1. The van der Waals surface area contributed by atoms with E-state index < -0.39 is 10.0 Å². The molecule has 4 rings (SSSR count). The van der Waals surface area contributed by atoms with Crippen LogP contribution < -0.4 is 4.72 Å². The number of aromatic nitrogens is 5. The molecule has 3 aromatic heterocycles. The largest absolute Gasteiger partial charge is 0.268 e. The number of nitrogens with zero attached hydrogens (tertiary/aromatic N) is 5. The second kappa shape index (κ2) is 7.37. The molecule has 9 heteroatoms. The number of rotatable bonds is 6. The van der Waals surface area contributed by atoms with Crippen molar-refractivity contribution in [2.75, 3.05) is 0 Å². The molecule has 1 N–H and O–H groups in total. The van der Waals surface area contributed by atoms with Gasteiger partial charge in [-0.25, -0.2) is 17.8 Å². The molecule has 0 saturated carbocycles. The average Bonchev–Trinajstić information content (AvgIpc) is 3.39. The molecule has 0 aliphatic heterocycles. The molecule has 0 atom stereocenters. The Morgan fingerprint density at radius 1 is 1.04 bits per heavy atom. The molecule has 3 heterocycles. The molecule has 0 unspecified atom stereocenters. The molecule has 0 aliphatic rings. The summed E-state index contributed by atoms with van der Waals surface area (Å²) in [5, 5.41) is 8.27. The van der Waals surface area contributed by atoms with Gasteiger partial charge in [-0.05, 0) is 48.0 Å². The van der Waals surface area contributed by atoms with Gasteiger partial charge in [-0.2, -0.15) is 10.2 Å². The Balaban J connectivity index is 1.49. The van der Waals surface area contributed by atoms with Gasteiger partial charge in [0.2, 0.25) is 10.0 Å². The van der Waals surface area contributed by atoms with Crippen molar-refractivity contribution in [1.82, 2.24) is 29.3 Å². The Morgan fingerprint density at radius 3 is 2.54 bits per heavy atom. The molecule has 0 radical (unpaired) electrons. The van der Waals surface area contributed by atoms with Crippen molar-refractivity contribution in [2.24, 2.45) is 7.05 Å². The third-order valence-electron chi connectivity index (χ3n) is 4.29. The van der Waals surface area contributed by atoms with Gasteiger partial charge in [0.15, 0.2) is 0 Å². The first kappa shape index (κ1) is 18.1. The van der Waals surface area contributed by atoms with Gasteiger partial charge in [-0.3, -0.25) is 9.67 Å². The smallest absolute Gasteiger partial charge is 0.240 e. The van der Waals surface area contributed by atoms with Crippen LogP contribution in [0.2, 0.25) is 0 Å². The molecule has 0 spiro atoms. The molecule has 0 aliphatic carbocycles. The molecule has 1 aromatic carbocycles. The summed E-state index contributed by atoms with van der Waals surface area (Å²) < 4.78 is 31.2. The first-order chi connectivity index (χ1) is 13.5. The van der Waals surface area contributed by atoms with Gasteiger partial charge in [0.05, 0.1) is 16.3 Å². The lowest BCUT2D eigenvalue weighted by Crippen LogP contribution is -2.23. The third-order valence-corrected chi connectivity index (χ3v) is 5.71. The molecule has 0 amide bonds. The van der Waals surface area contributed by atoms with Gasteiger partial charge in [0, 0.05) is 50.1 Å². The molecule has 28 heavy (non-hydrogen) atoms. The second-order valence-corrected chi connectivity index (χ2v) is 7.96. The molecule has 0 saturated heterocycles. The quantitative estimate of drug-likeness (QED) is 0.541. The minimum Gasteiger partial charge on any atom is -0.268 e. The van der Waals surface area contributed by atoms with Gasteiger partial charge < -0.3 is 0 Å². The van der Waals surface area contributed by atoms with Crippen LogP contribution in [0.5, 0.6) is 0 Å². The molecule has 4 aromatic rings. The highest BCUT2D eigenvalue weighted by molar-refractivity contribution is 7.89. The summed E-state index contributed by atoms with van der Waals surface area (Å²) >= 11 is 0. The highest BCUT2D eigenvalue weighted by Gasteiger charge is 2.14. The van der Waals surface area contributed by atoms with Crippen molar-refractivity contribution in [3.63, 3.8) is 0 Å². The van der Waals surface area contributed by atoms with Gasteiger partial charge in [-0.1, -0.05) is 0 Å². The third kappa shape index (κ3) is 3.71. The van der Waals surface area contributed by atoms with E-state index in [9.17, 15) is 8.42 Å². The lowest BCUT2D eigenvalue weighted by molar-refractivity contribution is 0.581. The van der Waals surface area contributed by atoms with Crippen LogP contribution in [-0.4, -0.2) is 33.0 Å². The van der Waals surface area contributed by atoms with Crippen molar-refractivity contribution >= 4 is 10.0 Å². The lowest BCUT2D eigenvalue weighted by Gasteiger charge is -2.09. The number of benzene rings is 1. The van der Waals surface area contributed by atoms with Gasteiger partial charge in [-0.15, -0.1) is 0 Å². The Bertz CT molecular complexity index is 1180. The van der Waals surface area contributed by atoms with E-state index in [1.165, 1.54) is 0 Å². The van der Waals surface area contributed by atoms with E-state index in [2.05, 4.69) is 19.9 Å². The van der Waals surface area contributed by atoms with Crippen molar-refractivity contribution in [1.29, 1.82) is 0 Å². The summed E-state index contributed by atoms with van der Waals surface area (Å²) in [4.78, 5) is 4.40. The minimum absolute atomic E-state index is 0.141. The molecule has 8 nitrogen and oxygen atoms in total. The maximum Gasteiger partial charge on any atom is 0.240 e. The van der Waals surface area contributed by atoms with Crippen LogP contribution in [-0.2, 0) is 23.6 Å². The molecular formula is C19H18N6O2S. The van der Waals surface area contributed by atoms with E-state index in [0.717, 1.165) is 22.5 Å². The minimum atomic E-state index is -3.64. The van der Waals surface area contributed by atoms with Gasteiger partial charge in [0.1, 0.15) is 0 Å². The maximum absolute atomic E-state index is 12.6. The van der Waals surface area contributed by atoms with Crippen molar-refractivity contribution < 1.29 is 8.42 Å². The average molecular weight is 394 g/mol.